The van der Waals surface area contributed by atoms with Crippen molar-refractivity contribution in [3.63, 3.8) is 0 Å². The third-order valence-corrected chi connectivity index (χ3v) is 4.28. The zero-order chi connectivity index (χ0) is 16.9. The molecule has 0 N–H and O–H groups in total. The Hall–Kier alpha value is -3.19. The van der Waals surface area contributed by atoms with Crippen LogP contribution in [-0.4, -0.2) is 4.98 Å². The van der Waals surface area contributed by atoms with Crippen molar-refractivity contribution in [1.29, 1.82) is 0 Å². The largest absolute Gasteiger partial charge is 0.248 e. The van der Waals surface area contributed by atoms with Crippen molar-refractivity contribution in [2.75, 3.05) is 0 Å². The SMILES string of the molecule is c1ccc(Cc2cc(-c3ccccc3)nc(-c3ccccc3)c2)cc1. The number of hydrogen-bond acceptors (Lipinski definition) is 1. The zero-order valence-electron chi connectivity index (χ0n) is 14.0. The maximum atomic E-state index is 4.92. The van der Waals surface area contributed by atoms with Gasteiger partial charge in [-0.2, -0.15) is 0 Å². The van der Waals surface area contributed by atoms with Crippen molar-refractivity contribution in [1.82, 2.24) is 4.98 Å². The Bertz CT molecular complexity index is 887. The highest BCUT2D eigenvalue weighted by Crippen LogP contribution is 2.26. The van der Waals surface area contributed by atoms with Crippen LogP contribution in [0, 0.1) is 0 Å². The van der Waals surface area contributed by atoms with Gasteiger partial charge in [0, 0.05) is 11.1 Å². The molecule has 1 heterocycles. The Morgan fingerprint density at radius 1 is 0.480 bits per heavy atom. The first-order valence-electron chi connectivity index (χ1n) is 8.54. The topological polar surface area (TPSA) is 12.9 Å². The summed E-state index contributed by atoms with van der Waals surface area (Å²) < 4.78 is 0. The van der Waals surface area contributed by atoms with Crippen molar-refractivity contribution in [3.8, 4) is 22.5 Å². The van der Waals surface area contributed by atoms with Crippen molar-refractivity contribution < 1.29 is 0 Å². The molecule has 0 unspecified atom stereocenters. The molecular weight excluding hydrogens is 302 g/mol. The quantitative estimate of drug-likeness (QED) is 0.449. The summed E-state index contributed by atoms with van der Waals surface area (Å²) >= 11 is 0. The second-order valence-corrected chi connectivity index (χ2v) is 6.14. The van der Waals surface area contributed by atoms with E-state index in [0.29, 0.717) is 0 Å². The van der Waals surface area contributed by atoms with Crippen LogP contribution in [0.15, 0.2) is 103 Å². The molecule has 4 aromatic rings. The molecular formula is C24H19N. The summed E-state index contributed by atoms with van der Waals surface area (Å²) in [6, 6.07) is 35.8. The number of nitrogens with zero attached hydrogens (tertiary/aromatic N) is 1. The van der Waals surface area contributed by atoms with Gasteiger partial charge in [0.2, 0.25) is 0 Å². The van der Waals surface area contributed by atoms with Gasteiger partial charge in [-0.15, -0.1) is 0 Å². The first-order chi connectivity index (χ1) is 12.4. The molecule has 0 aliphatic carbocycles. The molecule has 0 radical (unpaired) electrons. The van der Waals surface area contributed by atoms with E-state index in [1.807, 2.05) is 12.1 Å². The highest BCUT2D eigenvalue weighted by Gasteiger charge is 2.07. The normalized spacial score (nSPS) is 10.6. The summed E-state index contributed by atoms with van der Waals surface area (Å²) in [5, 5.41) is 0. The summed E-state index contributed by atoms with van der Waals surface area (Å²) in [5.41, 5.74) is 6.93. The molecule has 0 bridgehead atoms. The van der Waals surface area contributed by atoms with Crippen LogP contribution < -0.4 is 0 Å². The Labute approximate surface area is 148 Å². The van der Waals surface area contributed by atoms with Crippen LogP contribution in [0.4, 0.5) is 0 Å². The molecule has 0 spiro atoms. The van der Waals surface area contributed by atoms with Crippen molar-refractivity contribution in [2.24, 2.45) is 0 Å². The fourth-order valence-electron chi connectivity index (χ4n) is 3.03. The van der Waals surface area contributed by atoms with E-state index in [1.165, 1.54) is 11.1 Å². The lowest BCUT2D eigenvalue weighted by molar-refractivity contribution is 1.17. The molecule has 1 nitrogen and oxygen atoms in total. The Morgan fingerprint density at radius 3 is 1.40 bits per heavy atom. The van der Waals surface area contributed by atoms with Gasteiger partial charge in [0.15, 0.2) is 0 Å². The van der Waals surface area contributed by atoms with Crippen molar-refractivity contribution in [2.45, 2.75) is 6.42 Å². The molecule has 0 aliphatic rings. The average Bonchev–Trinajstić information content (AvgIpc) is 2.70. The fourth-order valence-corrected chi connectivity index (χ4v) is 3.03. The van der Waals surface area contributed by atoms with Crippen LogP contribution in [0.25, 0.3) is 22.5 Å². The lowest BCUT2D eigenvalue weighted by atomic mass is 10.00. The second kappa shape index (κ2) is 7.14. The molecule has 0 aliphatic heterocycles. The molecule has 4 rings (SSSR count). The summed E-state index contributed by atoms with van der Waals surface area (Å²) in [6.07, 6.45) is 0.906. The van der Waals surface area contributed by atoms with Crippen LogP contribution in [0.2, 0.25) is 0 Å². The standard InChI is InChI=1S/C24H19N/c1-4-10-19(11-5-1)16-20-17-23(21-12-6-2-7-13-21)25-24(18-20)22-14-8-3-9-15-22/h1-15,17-18H,16H2. The number of rotatable bonds is 4. The second-order valence-electron chi connectivity index (χ2n) is 6.14. The Kier molecular flexibility index (Phi) is 4.38. The minimum atomic E-state index is 0.906. The molecule has 0 amide bonds. The van der Waals surface area contributed by atoms with Gasteiger partial charge in [0.25, 0.3) is 0 Å². The summed E-state index contributed by atoms with van der Waals surface area (Å²) in [7, 11) is 0. The highest BCUT2D eigenvalue weighted by atomic mass is 14.7. The number of benzene rings is 3. The fraction of sp³-hybridized carbons (Fsp3) is 0.0417. The van der Waals surface area contributed by atoms with E-state index in [1.54, 1.807) is 0 Å². The predicted octanol–water partition coefficient (Wildman–Crippen LogP) is 6.01. The van der Waals surface area contributed by atoms with E-state index in [4.69, 9.17) is 4.98 Å². The van der Waals surface area contributed by atoms with Crippen LogP contribution in [0.3, 0.4) is 0 Å². The zero-order valence-corrected chi connectivity index (χ0v) is 14.0. The molecule has 1 aromatic heterocycles. The molecule has 1 heteroatoms. The Balaban J connectivity index is 1.80. The number of aromatic nitrogens is 1. The summed E-state index contributed by atoms with van der Waals surface area (Å²) in [5.74, 6) is 0. The third kappa shape index (κ3) is 3.67. The molecule has 0 fully saturated rings. The lowest BCUT2D eigenvalue weighted by Crippen LogP contribution is -1.94. The number of pyridine rings is 1. The summed E-state index contributed by atoms with van der Waals surface area (Å²) in [6.45, 7) is 0. The Morgan fingerprint density at radius 2 is 0.920 bits per heavy atom. The van der Waals surface area contributed by atoms with Crippen LogP contribution in [0.1, 0.15) is 11.1 Å². The van der Waals surface area contributed by atoms with E-state index in [0.717, 1.165) is 28.9 Å². The predicted molar refractivity (Wildman–Crippen MR) is 104 cm³/mol. The van der Waals surface area contributed by atoms with E-state index in [-0.39, 0.29) is 0 Å². The smallest absolute Gasteiger partial charge is 0.0712 e. The maximum Gasteiger partial charge on any atom is 0.0712 e. The monoisotopic (exact) mass is 321 g/mol. The van der Waals surface area contributed by atoms with Gasteiger partial charge in [0.05, 0.1) is 11.4 Å². The van der Waals surface area contributed by atoms with Gasteiger partial charge in [0.1, 0.15) is 0 Å². The van der Waals surface area contributed by atoms with Gasteiger partial charge < -0.3 is 0 Å². The van der Waals surface area contributed by atoms with Crippen molar-refractivity contribution >= 4 is 0 Å². The molecule has 25 heavy (non-hydrogen) atoms. The molecule has 0 saturated carbocycles. The molecule has 3 aromatic carbocycles. The summed E-state index contributed by atoms with van der Waals surface area (Å²) in [4.78, 5) is 4.92. The highest BCUT2D eigenvalue weighted by molar-refractivity contribution is 5.67. The van der Waals surface area contributed by atoms with E-state index in [2.05, 4.69) is 91.0 Å². The average molecular weight is 321 g/mol. The van der Waals surface area contributed by atoms with Gasteiger partial charge in [-0.1, -0.05) is 91.0 Å². The van der Waals surface area contributed by atoms with E-state index < -0.39 is 0 Å². The molecule has 0 saturated heterocycles. The van der Waals surface area contributed by atoms with Crippen LogP contribution in [-0.2, 0) is 6.42 Å². The van der Waals surface area contributed by atoms with Crippen LogP contribution in [0.5, 0.6) is 0 Å². The molecule has 0 atom stereocenters. The minimum Gasteiger partial charge on any atom is -0.248 e. The molecule has 120 valence electrons. The lowest BCUT2D eigenvalue weighted by Gasteiger charge is -2.10. The third-order valence-electron chi connectivity index (χ3n) is 4.28. The first-order valence-corrected chi connectivity index (χ1v) is 8.54. The van der Waals surface area contributed by atoms with Crippen LogP contribution >= 0.6 is 0 Å². The van der Waals surface area contributed by atoms with E-state index >= 15 is 0 Å². The number of hydrogen-bond donors (Lipinski definition) is 0. The van der Waals surface area contributed by atoms with Gasteiger partial charge in [-0.05, 0) is 29.7 Å². The first kappa shape index (κ1) is 15.3. The van der Waals surface area contributed by atoms with Gasteiger partial charge >= 0.3 is 0 Å². The minimum absolute atomic E-state index is 0.906. The maximum absolute atomic E-state index is 4.92. The van der Waals surface area contributed by atoms with Gasteiger partial charge in [-0.25, -0.2) is 4.98 Å². The van der Waals surface area contributed by atoms with Gasteiger partial charge in [-0.3, -0.25) is 0 Å². The van der Waals surface area contributed by atoms with Crippen molar-refractivity contribution in [3.05, 3.63) is 114 Å². The van der Waals surface area contributed by atoms with E-state index in [9.17, 15) is 0 Å².